The number of nitrogens with one attached hydrogen (secondary N) is 1. The molecule has 29 heavy (non-hydrogen) atoms. The number of pyridine rings is 2. The average molecular weight is 383 g/mol. The van der Waals surface area contributed by atoms with Gasteiger partial charge in [-0.2, -0.15) is 0 Å². The highest BCUT2D eigenvalue weighted by Crippen LogP contribution is 2.36. The third-order valence-electron chi connectivity index (χ3n) is 5.25. The van der Waals surface area contributed by atoms with Gasteiger partial charge in [0.2, 0.25) is 0 Å². The fourth-order valence-electron chi connectivity index (χ4n) is 3.57. The van der Waals surface area contributed by atoms with Gasteiger partial charge >= 0.3 is 0 Å². The fraction of sp³-hybridized carbons (Fsp3) is 0.200. The zero-order chi connectivity index (χ0) is 20.4. The third-order valence-corrected chi connectivity index (χ3v) is 5.25. The summed E-state index contributed by atoms with van der Waals surface area (Å²) in [6.45, 7) is 6.12. The number of rotatable bonds is 5. The van der Waals surface area contributed by atoms with Crippen molar-refractivity contribution in [3.63, 3.8) is 0 Å². The molecule has 0 saturated heterocycles. The highest BCUT2D eigenvalue weighted by Gasteiger charge is 2.20. The maximum absolute atomic E-state index is 11.1. The molecule has 0 unspecified atom stereocenters. The molecule has 1 atom stereocenters. The second-order valence-corrected chi connectivity index (χ2v) is 7.42. The van der Waals surface area contributed by atoms with Crippen molar-refractivity contribution in [1.82, 2.24) is 9.97 Å². The molecule has 2 N–H and O–H groups in total. The van der Waals surface area contributed by atoms with E-state index in [9.17, 15) is 5.11 Å². The molecule has 0 radical (unpaired) electrons. The predicted molar refractivity (Wildman–Crippen MR) is 118 cm³/mol. The van der Waals surface area contributed by atoms with Gasteiger partial charge < -0.3 is 10.4 Å². The van der Waals surface area contributed by atoms with E-state index in [1.165, 1.54) is 5.56 Å². The van der Waals surface area contributed by atoms with Gasteiger partial charge in [-0.15, -0.1) is 0 Å². The molecule has 4 nitrogen and oxygen atoms in total. The van der Waals surface area contributed by atoms with E-state index in [4.69, 9.17) is 0 Å². The average Bonchev–Trinajstić information content (AvgIpc) is 2.73. The van der Waals surface area contributed by atoms with Crippen LogP contribution in [0.1, 0.15) is 40.9 Å². The van der Waals surface area contributed by atoms with E-state index in [1.807, 2.05) is 50.2 Å². The summed E-state index contributed by atoms with van der Waals surface area (Å²) in [7, 11) is 0. The monoisotopic (exact) mass is 383 g/mol. The quantitative estimate of drug-likeness (QED) is 0.463. The van der Waals surface area contributed by atoms with Crippen LogP contribution < -0.4 is 5.32 Å². The molecule has 146 valence electrons. The van der Waals surface area contributed by atoms with E-state index in [1.54, 1.807) is 6.20 Å². The van der Waals surface area contributed by atoms with Crippen molar-refractivity contribution in [3.05, 3.63) is 94.8 Å². The molecule has 4 aromatic rings. The van der Waals surface area contributed by atoms with Gasteiger partial charge in [-0.05, 0) is 55.2 Å². The Morgan fingerprint density at radius 1 is 0.966 bits per heavy atom. The number of hydrogen-bond acceptors (Lipinski definition) is 4. The highest BCUT2D eigenvalue weighted by atomic mass is 16.3. The van der Waals surface area contributed by atoms with Crippen LogP contribution in [-0.2, 0) is 6.42 Å². The molecule has 0 bridgehead atoms. The van der Waals surface area contributed by atoms with Crippen molar-refractivity contribution in [3.8, 4) is 5.75 Å². The number of nitrogens with zero attached hydrogens (tertiary/aromatic N) is 2. The zero-order valence-corrected chi connectivity index (χ0v) is 17.0. The Kier molecular flexibility index (Phi) is 5.17. The number of hydrogen-bond donors (Lipinski definition) is 2. The number of aromatic hydroxyl groups is 1. The van der Waals surface area contributed by atoms with Crippen molar-refractivity contribution < 1.29 is 5.11 Å². The predicted octanol–water partition coefficient (Wildman–Crippen LogP) is 5.72. The van der Waals surface area contributed by atoms with Gasteiger partial charge in [0.1, 0.15) is 17.1 Å². The van der Waals surface area contributed by atoms with Gasteiger partial charge in [-0.1, -0.05) is 49.4 Å². The van der Waals surface area contributed by atoms with Crippen LogP contribution in [0.15, 0.2) is 66.9 Å². The number of phenolic OH excluding ortho intramolecular Hbond substituents is 1. The van der Waals surface area contributed by atoms with E-state index in [0.717, 1.165) is 40.0 Å². The minimum Gasteiger partial charge on any atom is -0.505 e. The van der Waals surface area contributed by atoms with Crippen molar-refractivity contribution in [1.29, 1.82) is 0 Å². The van der Waals surface area contributed by atoms with Gasteiger partial charge in [-0.3, -0.25) is 0 Å². The van der Waals surface area contributed by atoms with Crippen LogP contribution in [0.2, 0.25) is 0 Å². The van der Waals surface area contributed by atoms with Crippen molar-refractivity contribution in [2.45, 2.75) is 33.2 Å². The van der Waals surface area contributed by atoms with Crippen molar-refractivity contribution in [2.75, 3.05) is 5.32 Å². The van der Waals surface area contributed by atoms with Crippen LogP contribution in [0.25, 0.3) is 10.9 Å². The Hall–Kier alpha value is -3.40. The number of aryl methyl sites for hydroxylation is 3. The number of benzene rings is 2. The lowest BCUT2D eigenvalue weighted by Gasteiger charge is -2.22. The third kappa shape index (κ3) is 3.92. The Labute approximate surface area is 171 Å². The number of fused-ring (bicyclic) bond motifs is 1. The Morgan fingerprint density at radius 3 is 2.45 bits per heavy atom. The summed E-state index contributed by atoms with van der Waals surface area (Å²) in [6.07, 6.45) is 2.78. The summed E-state index contributed by atoms with van der Waals surface area (Å²) >= 11 is 0. The van der Waals surface area contributed by atoms with Crippen LogP contribution in [-0.4, -0.2) is 15.1 Å². The SMILES string of the molecule is CCc1ccc([C@@H](Nc2cc(C)ccn2)c2ccc3ccc(C)nc3c2O)cc1. The van der Waals surface area contributed by atoms with Crippen molar-refractivity contribution in [2.24, 2.45) is 0 Å². The lowest BCUT2D eigenvalue weighted by atomic mass is 9.95. The van der Waals surface area contributed by atoms with Crippen LogP contribution in [0, 0.1) is 13.8 Å². The van der Waals surface area contributed by atoms with E-state index in [2.05, 4.69) is 46.5 Å². The second kappa shape index (κ2) is 7.92. The van der Waals surface area contributed by atoms with E-state index >= 15 is 0 Å². The molecule has 2 aromatic carbocycles. The lowest BCUT2D eigenvalue weighted by molar-refractivity contribution is 0.471. The Morgan fingerprint density at radius 2 is 1.72 bits per heavy atom. The van der Waals surface area contributed by atoms with Gasteiger partial charge in [0.15, 0.2) is 0 Å². The number of anilines is 1. The minimum atomic E-state index is -0.248. The number of phenols is 1. The molecule has 0 aliphatic heterocycles. The summed E-state index contributed by atoms with van der Waals surface area (Å²) < 4.78 is 0. The molecular formula is C25H25N3O. The highest BCUT2D eigenvalue weighted by molar-refractivity contribution is 5.86. The smallest absolute Gasteiger partial charge is 0.147 e. The first-order valence-electron chi connectivity index (χ1n) is 9.92. The molecule has 0 spiro atoms. The summed E-state index contributed by atoms with van der Waals surface area (Å²) in [5, 5.41) is 15.5. The van der Waals surface area contributed by atoms with Crippen LogP contribution >= 0.6 is 0 Å². The van der Waals surface area contributed by atoms with Gasteiger partial charge in [0.25, 0.3) is 0 Å². The summed E-state index contributed by atoms with van der Waals surface area (Å²) in [4.78, 5) is 9.03. The van der Waals surface area contributed by atoms with Gasteiger partial charge in [-0.25, -0.2) is 9.97 Å². The largest absolute Gasteiger partial charge is 0.505 e. The zero-order valence-electron chi connectivity index (χ0n) is 17.0. The van der Waals surface area contributed by atoms with E-state index in [0.29, 0.717) is 5.52 Å². The molecule has 0 aliphatic carbocycles. The standard InChI is InChI=1S/C25H25N3O/c1-4-18-6-9-19(10-7-18)23(28-22-15-16(2)13-14-26-22)21-12-11-20-8-5-17(3)27-24(20)25(21)29/h5-15,23,29H,4H2,1-3H3,(H,26,28)/t23-/m1/s1. The first-order chi connectivity index (χ1) is 14.0. The molecule has 4 heteroatoms. The molecule has 2 heterocycles. The molecule has 0 aliphatic rings. The van der Waals surface area contributed by atoms with Gasteiger partial charge in [0, 0.05) is 22.8 Å². The fourth-order valence-corrected chi connectivity index (χ4v) is 3.57. The normalized spacial score (nSPS) is 12.1. The van der Waals surface area contributed by atoms with Crippen LogP contribution in [0.5, 0.6) is 5.75 Å². The summed E-state index contributed by atoms with van der Waals surface area (Å²) in [5.74, 6) is 0.974. The Balaban J connectivity index is 1.84. The first kappa shape index (κ1) is 18.9. The number of aromatic nitrogens is 2. The molecular weight excluding hydrogens is 358 g/mol. The minimum absolute atomic E-state index is 0.205. The summed E-state index contributed by atoms with van der Waals surface area (Å²) in [6, 6.07) is 20.1. The Bertz CT molecular complexity index is 1150. The maximum Gasteiger partial charge on any atom is 0.147 e. The van der Waals surface area contributed by atoms with E-state index < -0.39 is 0 Å². The molecule has 0 saturated carbocycles. The maximum atomic E-state index is 11.1. The van der Waals surface area contributed by atoms with Crippen LogP contribution in [0.4, 0.5) is 5.82 Å². The molecule has 0 fully saturated rings. The van der Waals surface area contributed by atoms with Crippen molar-refractivity contribution >= 4 is 16.7 Å². The topological polar surface area (TPSA) is 58.0 Å². The van der Waals surface area contributed by atoms with Crippen LogP contribution in [0.3, 0.4) is 0 Å². The lowest BCUT2D eigenvalue weighted by Crippen LogP contribution is -2.14. The van der Waals surface area contributed by atoms with E-state index in [-0.39, 0.29) is 11.8 Å². The summed E-state index contributed by atoms with van der Waals surface area (Å²) in [5.41, 5.74) is 5.75. The van der Waals surface area contributed by atoms with Gasteiger partial charge in [0.05, 0.1) is 6.04 Å². The molecule has 4 rings (SSSR count). The second-order valence-electron chi connectivity index (χ2n) is 7.42. The first-order valence-corrected chi connectivity index (χ1v) is 9.92. The molecule has 0 amide bonds. The molecule has 2 aromatic heterocycles.